The van der Waals surface area contributed by atoms with Crippen LogP contribution in [-0.4, -0.2) is 22.2 Å². The Bertz CT molecular complexity index is 2440. The van der Waals surface area contributed by atoms with Crippen LogP contribution in [0, 0.1) is 25.2 Å². The Balaban J connectivity index is 0.000000376. The maximum absolute atomic E-state index is 12.6. The largest absolute Gasteiger partial charge is 0.507 e. The van der Waals surface area contributed by atoms with Crippen LogP contribution in [0.4, 0.5) is 0 Å². The Morgan fingerprint density at radius 3 is 1.38 bits per heavy atom. The summed E-state index contributed by atoms with van der Waals surface area (Å²) in [6.45, 7) is 48.4. The molecule has 0 aliphatic heterocycles. The standard InChI is InChI=1S/C36H54O3.C26H34O3/c1-14-30(37)39-32-25(20-28(35(10,11)16-3)22-29(32)36(12,13)17-4)18-24-19-27(34(8,9)15-2)21-26(31(24)38)23-33(5,6)7;1-9-23(27)29-25-21(13-18(5)14-22(25)26(6,7)8)15-20-12-17(4)11-19(24(20)28)10-16(2)3/h14,19-22,38H,1,15-18,23H2,2-13H3;9,11-14,16,28H,1,10,15H2,2-8H3. The van der Waals surface area contributed by atoms with Crippen molar-refractivity contribution in [3.63, 3.8) is 0 Å². The molecule has 0 heterocycles. The third kappa shape index (κ3) is 14.9. The molecule has 4 rings (SSSR count). The number of benzene rings is 4. The molecule has 0 amide bonds. The first-order valence-electron chi connectivity index (χ1n) is 24.9. The van der Waals surface area contributed by atoms with Crippen LogP contribution in [0.1, 0.15) is 204 Å². The highest BCUT2D eigenvalue weighted by molar-refractivity contribution is 5.84. The molecule has 68 heavy (non-hydrogen) atoms. The number of esters is 2. The summed E-state index contributed by atoms with van der Waals surface area (Å²) in [6, 6.07) is 16.9. The minimum Gasteiger partial charge on any atom is -0.507 e. The summed E-state index contributed by atoms with van der Waals surface area (Å²) in [5.74, 6) is 1.35. The lowest BCUT2D eigenvalue weighted by atomic mass is 9.74. The molecule has 0 aromatic heterocycles. The highest BCUT2D eigenvalue weighted by atomic mass is 16.5. The smallest absolute Gasteiger partial charge is 0.335 e. The lowest BCUT2D eigenvalue weighted by Crippen LogP contribution is -2.23. The van der Waals surface area contributed by atoms with Crippen molar-refractivity contribution in [1.82, 2.24) is 0 Å². The normalized spacial score (nSPS) is 12.4. The second-order valence-corrected chi connectivity index (χ2v) is 23.8. The van der Waals surface area contributed by atoms with Crippen molar-refractivity contribution in [2.75, 3.05) is 0 Å². The van der Waals surface area contributed by atoms with E-state index in [4.69, 9.17) is 9.47 Å². The molecule has 4 aromatic rings. The molecule has 0 radical (unpaired) electrons. The van der Waals surface area contributed by atoms with Gasteiger partial charge in [0, 0.05) is 41.7 Å². The van der Waals surface area contributed by atoms with Crippen LogP contribution in [0.2, 0.25) is 0 Å². The Morgan fingerprint density at radius 2 is 0.926 bits per heavy atom. The number of carbonyl (C=O) groups is 2. The van der Waals surface area contributed by atoms with E-state index in [0.29, 0.717) is 41.8 Å². The number of aromatic hydroxyl groups is 2. The van der Waals surface area contributed by atoms with Gasteiger partial charge in [0.1, 0.15) is 23.0 Å². The third-order valence-corrected chi connectivity index (χ3v) is 13.8. The molecule has 4 aromatic carbocycles. The van der Waals surface area contributed by atoms with E-state index in [0.717, 1.165) is 87.7 Å². The molecule has 0 saturated heterocycles. The molecule has 0 fully saturated rings. The molecule has 0 aliphatic rings. The maximum Gasteiger partial charge on any atom is 0.335 e. The van der Waals surface area contributed by atoms with Gasteiger partial charge in [0.05, 0.1) is 0 Å². The van der Waals surface area contributed by atoms with Crippen molar-refractivity contribution in [3.8, 4) is 23.0 Å². The molecule has 6 nitrogen and oxygen atoms in total. The molecule has 6 heteroatoms. The van der Waals surface area contributed by atoms with Crippen LogP contribution >= 0.6 is 0 Å². The highest BCUT2D eigenvalue weighted by Crippen LogP contribution is 2.44. The molecule has 0 aliphatic carbocycles. The zero-order valence-corrected chi connectivity index (χ0v) is 45.7. The number of hydrogen-bond acceptors (Lipinski definition) is 6. The number of carbonyl (C=O) groups excluding carboxylic acids is 2. The fourth-order valence-corrected chi connectivity index (χ4v) is 8.44. The van der Waals surface area contributed by atoms with Gasteiger partial charge in [-0.25, -0.2) is 9.59 Å². The van der Waals surface area contributed by atoms with Crippen LogP contribution in [0.5, 0.6) is 23.0 Å². The molecular formula is C62H88O6. The molecule has 372 valence electrons. The van der Waals surface area contributed by atoms with Crippen LogP contribution in [0.3, 0.4) is 0 Å². The number of aryl methyl sites for hydroxylation is 2. The van der Waals surface area contributed by atoms with E-state index < -0.39 is 11.9 Å². The zero-order chi connectivity index (χ0) is 51.9. The Kier molecular flexibility index (Phi) is 19.0. The van der Waals surface area contributed by atoms with Gasteiger partial charge in [0.15, 0.2) is 0 Å². The van der Waals surface area contributed by atoms with Crippen LogP contribution in [-0.2, 0) is 56.9 Å². The molecule has 0 saturated carbocycles. The topological polar surface area (TPSA) is 93.1 Å². The van der Waals surface area contributed by atoms with Gasteiger partial charge in [0.2, 0.25) is 0 Å². The molecule has 0 bridgehead atoms. The zero-order valence-electron chi connectivity index (χ0n) is 45.7. The van der Waals surface area contributed by atoms with Gasteiger partial charge >= 0.3 is 11.9 Å². The fraction of sp³-hybridized carbons (Fsp3) is 0.516. The quantitative estimate of drug-likeness (QED) is 0.0622. The summed E-state index contributed by atoms with van der Waals surface area (Å²) in [4.78, 5) is 24.7. The first kappa shape index (κ1) is 57.2. The second kappa shape index (κ2) is 22.5. The van der Waals surface area contributed by atoms with Crippen molar-refractivity contribution in [1.29, 1.82) is 0 Å². The van der Waals surface area contributed by atoms with E-state index in [-0.39, 0.29) is 27.1 Å². The first-order chi connectivity index (χ1) is 31.2. The lowest BCUT2D eigenvalue weighted by molar-refractivity contribution is -0.130. The third-order valence-electron chi connectivity index (χ3n) is 13.8. The summed E-state index contributed by atoms with van der Waals surface area (Å²) in [7, 11) is 0. The van der Waals surface area contributed by atoms with Gasteiger partial charge < -0.3 is 19.7 Å². The number of hydrogen-bond donors (Lipinski definition) is 2. The molecule has 0 spiro atoms. The summed E-state index contributed by atoms with van der Waals surface area (Å²) >= 11 is 0. The van der Waals surface area contributed by atoms with Gasteiger partial charge in [-0.05, 0) is 118 Å². The average Bonchev–Trinajstić information content (AvgIpc) is 3.23. The van der Waals surface area contributed by atoms with Gasteiger partial charge in [-0.2, -0.15) is 0 Å². The lowest BCUT2D eigenvalue weighted by Gasteiger charge is -2.32. The summed E-state index contributed by atoms with van der Waals surface area (Å²) in [6.07, 6.45) is 7.81. The first-order valence-corrected chi connectivity index (χ1v) is 24.9. The maximum atomic E-state index is 12.6. The van der Waals surface area contributed by atoms with Crippen molar-refractivity contribution < 1.29 is 29.3 Å². The van der Waals surface area contributed by atoms with Gasteiger partial charge in [-0.3, -0.25) is 0 Å². The van der Waals surface area contributed by atoms with E-state index in [9.17, 15) is 19.8 Å². The summed E-state index contributed by atoms with van der Waals surface area (Å²) in [5, 5.41) is 22.5. The summed E-state index contributed by atoms with van der Waals surface area (Å²) in [5.41, 5.74) is 11.6. The van der Waals surface area contributed by atoms with Crippen molar-refractivity contribution in [3.05, 3.63) is 141 Å². The molecule has 2 N–H and O–H groups in total. The van der Waals surface area contributed by atoms with Gasteiger partial charge in [-0.1, -0.05) is 191 Å². The van der Waals surface area contributed by atoms with Crippen LogP contribution in [0.25, 0.3) is 0 Å². The van der Waals surface area contributed by atoms with E-state index in [1.807, 2.05) is 32.0 Å². The molecule has 0 atom stereocenters. The minimum absolute atomic E-state index is 0.0256. The Labute approximate surface area is 412 Å². The van der Waals surface area contributed by atoms with E-state index in [1.165, 1.54) is 23.3 Å². The Morgan fingerprint density at radius 1 is 0.544 bits per heavy atom. The number of phenols is 2. The average molecular weight is 929 g/mol. The highest BCUT2D eigenvalue weighted by Gasteiger charge is 2.32. The van der Waals surface area contributed by atoms with E-state index in [2.05, 4.69) is 161 Å². The fourth-order valence-electron chi connectivity index (χ4n) is 8.44. The van der Waals surface area contributed by atoms with Crippen LogP contribution < -0.4 is 9.47 Å². The van der Waals surface area contributed by atoms with E-state index in [1.54, 1.807) is 0 Å². The monoisotopic (exact) mass is 929 g/mol. The number of phenolic OH excluding ortho intramolecular Hbond substituents is 2. The van der Waals surface area contributed by atoms with Gasteiger partial charge in [0.25, 0.3) is 0 Å². The van der Waals surface area contributed by atoms with Crippen molar-refractivity contribution >= 4 is 11.9 Å². The van der Waals surface area contributed by atoms with Crippen LogP contribution in [0.15, 0.2) is 73.8 Å². The second-order valence-electron chi connectivity index (χ2n) is 23.8. The SMILES string of the molecule is C=CC(=O)Oc1c(Cc2cc(C(C)(C)CC)cc(CC(C)(C)C)c2O)cc(C(C)(C)CC)cc1C(C)(C)CC.C=CC(=O)Oc1c(Cc2cc(C)cc(CC(C)C)c2O)cc(C)cc1C(C)(C)C. The predicted molar refractivity (Wildman–Crippen MR) is 286 cm³/mol. The molecular weight excluding hydrogens is 841 g/mol. The predicted octanol–water partition coefficient (Wildman–Crippen LogP) is 15.9. The minimum atomic E-state index is -0.477. The number of ether oxygens (including phenoxy) is 2. The van der Waals surface area contributed by atoms with Crippen molar-refractivity contribution in [2.45, 2.75) is 198 Å². The van der Waals surface area contributed by atoms with E-state index >= 15 is 0 Å². The number of rotatable bonds is 17. The summed E-state index contributed by atoms with van der Waals surface area (Å²) < 4.78 is 11.7. The molecule has 0 unspecified atom stereocenters. The van der Waals surface area contributed by atoms with Crippen molar-refractivity contribution in [2.24, 2.45) is 11.3 Å². The Hall–Kier alpha value is -5.10. The van der Waals surface area contributed by atoms with Gasteiger partial charge in [-0.15, -0.1) is 0 Å².